The van der Waals surface area contributed by atoms with E-state index in [9.17, 15) is 18.0 Å². The first-order valence-corrected chi connectivity index (χ1v) is 9.27. The highest BCUT2D eigenvalue weighted by atomic mass is 19.4. The van der Waals surface area contributed by atoms with Crippen LogP contribution in [0.3, 0.4) is 0 Å². The van der Waals surface area contributed by atoms with Crippen molar-refractivity contribution in [1.82, 2.24) is 15.2 Å². The first-order valence-electron chi connectivity index (χ1n) is 9.27. The van der Waals surface area contributed by atoms with E-state index >= 15 is 0 Å². The summed E-state index contributed by atoms with van der Waals surface area (Å²) < 4.78 is 37.4. The van der Waals surface area contributed by atoms with Gasteiger partial charge in [0.2, 0.25) is 11.9 Å². The van der Waals surface area contributed by atoms with E-state index in [1.54, 1.807) is 11.1 Å². The third-order valence-corrected chi connectivity index (χ3v) is 4.79. The van der Waals surface area contributed by atoms with Gasteiger partial charge in [-0.3, -0.25) is 15.1 Å². The first-order chi connectivity index (χ1) is 13.8. The van der Waals surface area contributed by atoms with Crippen LogP contribution in [0.2, 0.25) is 0 Å². The molecule has 0 bridgehead atoms. The van der Waals surface area contributed by atoms with Crippen LogP contribution in [0, 0.1) is 18.4 Å². The molecule has 1 aromatic rings. The lowest BCUT2D eigenvalue weighted by atomic mass is 10.0. The number of guanidine groups is 1. The Bertz CT molecular complexity index is 856. The second-order valence-electron chi connectivity index (χ2n) is 6.95. The average molecular weight is 406 g/mol. The summed E-state index contributed by atoms with van der Waals surface area (Å²) in [6, 6.07) is 7.28. The number of carbonyl (C=O) groups is 1. The smallest absolute Gasteiger partial charge is 0.332 e. The molecule has 7 nitrogen and oxygen atoms in total. The molecular formula is C19H21F3N6O. The number of rotatable bonds is 4. The summed E-state index contributed by atoms with van der Waals surface area (Å²) in [6.07, 6.45) is -2.53. The number of amides is 1. The Hall–Kier alpha value is -3.09. The molecule has 0 spiro atoms. The Balaban J connectivity index is 1.89. The number of nitrogens with one attached hydrogen (secondary N) is 1. The predicted octanol–water partition coefficient (Wildman–Crippen LogP) is 2.38. The highest BCUT2D eigenvalue weighted by molar-refractivity contribution is 6.08. The van der Waals surface area contributed by atoms with Crippen LogP contribution in [-0.2, 0) is 4.79 Å². The quantitative estimate of drug-likeness (QED) is 0.360. The molecule has 2 aliphatic heterocycles. The summed E-state index contributed by atoms with van der Waals surface area (Å²) in [6.45, 7) is 2.24. The molecule has 154 valence electrons. The zero-order valence-corrected chi connectivity index (χ0v) is 15.9. The molecule has 2 aliphatic rings. The Labute approximate surface area is 166 Å². The summed E-state index contributed by atoms with van der Waals surface area (Å²) in [5.74, 6) is -0.0454. The number of aliphatic imine (C=N–C) groups is 1. The van der Waals surface area contributed by atoms with E-state index < -0.39 is 19.1 Å². The van der Waals surface area contributed by atoms with Crippen LogP contribution in [0.4, 0.5) is 13.2 Å². The van der Waals surface area contributed by atoms with Crippen LogP contribution in [0.15, 0.2) is 34.4 Å². The van der Waals surface area contributed by atoms with E-state index in [0.717, 1.165) is 17.5 Å². The zero-order chi connectivity index (χ0) is 21.0. The Morgan fingerprint density at radius 2 is 2.10 bits per heavy atom. The fourth-order valence-corrected chi connectivity index (χ4v) is 3.37. The van der Waals surface area contributed by atoms with Crippen LogP contribution in [0.1, 0.15) is 30.4 Å². The maximum atomic E-state index is 12.5. The van der Waals surface area contributed by atoms with Crippen molar-refractivity contribution in [2.24, 2.45) is 10.1 Å². The maximum absolute atomic E-state index is 12.5. The van der Waals surface area contributed by atoms with Gasteiger partial charge in [-0.25, -0.2) is 5.01 Å². The maximum Gasteiger partial charge on any atom is 0.390 e. The molecule has 1 amide bonds. The van der Waals surface area contributed by atoms with E-state index in [4.69, 9.17) is 5.26 Å². The summed E-state index contributed by atoms with van der Waals surface area (Å²) in [4.78, 5) is 17.9. The summed E-state index contributed by atoms with van der Waals surface area (Å²) in [5.41, 5.74) is 2.51. The van der Waals surface area contributed by atoms with Gasteiger partial charge in [-0.2, -0.15) is 23.5 Å². The number of hydrazone groups is 1. The highest BCUT2D eigenvalue weighted by Gasteiger charge is 2.38. The van der Waals surface area contributed by atoms with Crippen LogP contribution >= 0.6 is 0 Å². The molecule has 1 fully saturated rings. The number of halogens is 3. The number of benzene rings is 1. The van der Waals surface area contributed by atoms with Gasteiger partial charge in [-0.15, -0.1) is 0 Å². The number of hydrogen-bond acceptors (Lipinski definition) is 4. The Morgan fingerprint density at radius 3 is 2.69 bits per heavy atom. The number of aryl methyl sites for hydroxylation is 1. The largest absolute Gasteiger partial charge is 0.390 e. The molecule has 1 unspecified atom stereocenters. The molecule has 2 heterocycles. The molecule has 0 radical (unpaired) electrons. The topological polar surface area (TPSA) is 84.1 Å². The van der Waals surface area contributed by atoms with Crippen molar-refractivity contribution in [3.05, 3.63) is 35.4 Å². The fourth-order valence-electron chi connectivity index (χ4n) is 3.37. The number of alkyl halides is 3. The second kappa shape index (κ2) is 8.51. The van der Waals surface area contributed by atoms with Crippen molar-refractivity contribution in [1.29, 1.82) is 5.26 Å². The molecule has 1 aromatic carbocycles. The number of carbonyl (C=O) groups excluding carboxylic acids is 1. The predicted molar refractivity (Wildman–Crippen MR) is 101 cm³/mol. The minimum atomic E-state index is -4.34. The van der Waals surface area contributed by atoms with Crippen LogP contribution in [0.5, 0.6) is 0 Å². The number of hydrogen-bond donors (Lipinski definition) is 1. The minimum Gasteiger partial charge on any atom is -0.332 e. The lowest BCUT2D eigenvalue weighted by Gasteiger charge is -2.25. The van der Waals surface area contributed by atoms with Gasteiger partial charge in [-0.05, 0) is 18.9 Å². The van der Waals surface area contributed by atoms with Gasteiger partial charge >= 0.3 is 6.18 Å². The van der Waals surface area contributed by atoms with E-state index in [-0.39, 0.29) is 24.5 Å². The van der Waals surface area contributed by atoms with Crippen molar-refractivity contribution < 1.29 is 18.0 Å². The molecule has 0 aliphatic carbocycles. The third kappa shape index (κ3) is 5.04. The highest BCUT2D eigenvalue weighted by Crippen LogP contribution is 2.24. The molecular weight excluding hydrogens is 385 g/mol. The number of likely N-dealkylation sites (tertiary alicyclic amines) is 1. The van der Waals surface area contributed by atoms with Crippen molar-refractivity contribution in [2.45, 2.75) is 38.4 Å². The third-order valence-electron chi connectivity index (χ3n) is 4.79. The van der Waals surface area contributed by atoms with Gasteiger partial charge in [-0.1, -0.05) is 29.8 Å². The average Bonchev–Trinajstić information content (AvgIpc) is 3.27. The molecule has 0 aromatic heterocycles. The molecule has 0 saturated carbocycles. The Morgan fingerprint density at radius 1 is 1.38 bits per heavy atom. The summed E-state index contributed by atoms with van der Waals surface area (Å²) in [5, 5.41) is 17.2. The second-order valence-corrected chi connectivity index (χ2v) is 6.95. The molecule has 1 N–H and O–H groups in total. The molecule has 1 saturated heterocycles. The van der Waals surface area contributed by atoms with Gasteiger partial charge in [0.25, 0.3) is 0 Å². The molecule has 3 rings (SSSR count). The lowest BCUT2D eigenvalue weighted by molar-refractivity contribution is -0.132. The van der Waals surface area contributed by atoms with Gasteiger partial charge in [0.05, 0.1) is 31.3 Å². The number of nitriles is 1. The van der Waals surface area contributed by atoms with Gasteiger partial charge in [0.1, 0.15) is 0 Å². The normalized spacial score (nSPS) is 20.1. The van der Waals surface area contributed by atoms with Crippen LogP contribution in [-0.4, -0.2) is 59.3 Å². The van der Waals surface area contributed by atoms with Gasteiger partial charge in [0, 0.05) is 13.0 Å². The Kier molecular flexibility index (Phi) is 6.06. The van der Waals surface area contributed by atoms with Crippen LogP contribution in [0.25, 0.3) is 0 Å². The van der Waals surface area contributed by atoms with Gasteiger partial charge in [0.15, 0.2) is 6.19 Å². The van der Waals surface area contributed by atoms with Crippen molar-refractivity contribution in [2.75, 3.05) is 19.6 Å². The standard InChI is InChI=1S/C19H21F3N6O/c1-13-4-6-14(7-5-13)17-15(27-10-2-3-16(27)29)11-28(26-17)18(25-12-23)24-9-8-19(20,21)22/h4-7,15H,2-3,8-11H2,1H3,(H,24,25). The molecule has 10 heteroatoms. The summed E-state index contributed by atoms with van der Waals surface area (Å²) >= 11 is 0. The van der Waals surface area contributed by atoms with E-state index in [0.29, 0.717) is 18.7 Å². The fraction of sp³-hybridized carbons (Fsp3) is 0.474. The first kappa shape index (κ1) is 20.6. The van der Waals surface area contributed by atoms with E-state index in [2.05, 4.69) is 15.4 Å². The van der Waals surface area contributed by atoms with E-state index in [1.165, 1.54) is 5.01 Å². The number of nitrogens with zero attached hydrogens (tertiary/aromatic N) is 5. The van der Waals surface area contributed by atoms with Gasteiger partial charge < -0.3 is 4.90 Å². The SMILES string of the molecule is Cc1ccc(C2=NN(C(=NCCC(F)(F)F)NC#N)CC2N2CCCC2=O)cc1. The molecule has 1 atom stereocenters. The lowest BCUT2D eigenvalue weighted by Crippen LogP contribution is -2.45. The molecule has 29 heavy (non-hydrogen) atoms. The van der Waals surface area contributed by atoms with Crippen LogP contribution < -0.4 is 5.32 Å². The monoisotopic (exact) mass is 406 g/mol. The van der Waals surface area contributed by atoms with Crippen molar-refractivity contribution in [3.8, 4) is 6.19 Å². The van der Waals surface area contributed by atoms with Crippen molar-refractivity contribution in [3.63, 3.8) is 0 Å². The van der Waals surface area contributed by atoms with E-state index in [1.807, 2.05) is 31.2 Å². The zero-order valence-electron chi connectivity index (χ0n) is 15.9. The van der Waals surface area contributed by atoms with Crippen molar-refractivity contribution >= 4 is 17.6 Å². The minimum absolute atomic E-state index is 0.0143. The summed E-state index contributed by atoms with van der Waals surface area (Å²) in [7, 11) is 0.